The first-order valence-corrected chi connectivity index (χ1v) is 6.44. The molecule has 0 aromatic heterocycles. The number of carbonyl (C=O) groups excluding carboxylic acids is 1. The monoisotopic (exact) mass is 304 g/mol. The summed E-state index contributed by atoms with van der Waals surface area (Å²) in [7, 11) is 0. The molecule has 4 nitrogen and oxygen atoms in total. The second-order valence-electron chi connectivity index (χ2n) is 4.41. The molecule has 0 aliphatic carbocycles. The summed E-state index contributed by atoms with van der Waals surface area (Å²) in [5.74, 6) is -0.0778. The van der Waals surface area contributed by atoms with Crippen LogP contribution in [0.3, 0.4) is 0 Å². The number of halogens is 2. The second kappa shape index (κ2) is 7.70. The molecular weight excluding hydrogens is 287 g/mol. The molecule has 1 aromatic rings. The lowest BCUT2D eigenvalue weighted by Gasteiger charge is -2.12. The third-order valence-corrected chi connectivity index (χ3v) is 3.25. The van der Waals surface area contributed by atoms with Gasteiger partial charge in [0.25, 0.3) is 0 Å². The van der Waals surface area contributed by atoms with E-state index in [0.29, 0.717) is 18.1 Å². The number of hydrogen-bond acceptors (Lipinski definition) is 3. The summed E-state index contributed by atoms with van der Waals surface area (Å²) in [6, 6.07) is 7.42. The smallest absolute Gasteiger partial charge is 0.249 e. The standard InChI is InChI=1S/C13H17ClN2O2.ClH/c14-10-3-1-2-9(6-10)8-16-13(17)12-5-4-11(7-15)18-12;/h1-3,6,11-12H,4-5,7-8,15H2,(H,16,17);1H/t11-,12+;/m1./s1. The summed E-state index contributed by atoms with van der Waals surface area (Å²) < 4.78 is 5.52. The van der Waals surface area contributed by atoms with Crippen LogP contribution in [0.2, 0.25) is 5.02 Å². The lowest BCUT2D eigenvalue weighted by atomic mass is 10.2. The molecule has 2 rings (SSSR count). The van der Waals surface area contributed by atoms with Gasteiger partial charge in [-0.2, -0.15) is 0 Å². The highest BCUT2D eigenvalue weighted by Crippen LogP contribution is 2.19. The van der Waals surface area contributed by atoms with Gasteiger partial charge in [0.2, 0.25) is 5.91 Å². The van der Waals surface area contributed by atoms with Crippen LogP contribution in [-0.4, -0.2) is 24.7 Å². The molecule has 19 heavy (non-hydrogen) atoms. The number of carbonyl (C=O) groups is 1. The predicted molar refractivity (Wildman–Crippen MR) is 77.5 cm³/mol. The molecule has 0 radical (unpaired) electrons. The Labute approximate surface area is 124 Å². The highest BCUT2D eigenvalue weighted by Gasteiger charge is 2.29. The SMILES string of the molecule is Cl.NC[C@H]1CC[C@@H](C(=O)NCc2cccc(Cl)c2)O1. The fraction of sp³-hybridized carbons (Fsp3) is 0.462. The van der Waals surface area contributed by atoms with Crippen molar-refractivity contribution in [3.8, 4) is 0 Å². The first-order chi connectivity index (χ1) is 8.69. The van der Waals surface area contributed by atoms with Gasteiger partial charge in [-0.05, 0) is 30.5 Å². The Hall–Kier alpha value is -0.810. The van der Waals surface area contributed by atoms with Crippen molar-refractivity contribution in [2.24, 2.45) is 5.73 Å². The second-order valence-corrected chi connectivity index (χ2v) is 4.84. The molecule has 0 saturated carbocycles. The zero-order valence-corrected chi connectivity index (χ0v) is 12.0. The Morgan fingerprint density at radius 2 is 2.26 bits per heavy atom. The Bertz CT molecular complexity index is 429. The van der Waals surface area contributed by atoms with E-state index in [-0.39, 0.29) is 30.5 Å². The van der Waals surface area contributed by atoms with E-state index < -0.39 is 0 Å². The molecule has 1 aliphatic heterocycles. The zero-order valence-electron chi connectivity index (χ0n) is 10.5. The summed E-state index contributed by atoms with van der Waals surface area (Å²) in [4.78, 5) is 11.9. The summed E-state index contributed by atoms with van der Waals surface area (Å²) >= 11 is 5.87. The van der Waals surface area contributed by atoms with Crippen LogP contribution in [0.1, 0.15) is 18.4 Å². The van der Waals surface area contributed by atoms with Crippen molar-refractivity contribution < 1.29 is 9.53 Å². The molecule has 0 unspecified atom stereocenters. The molecule has 2 atom stereocenters. The number of nitrogens with two attached hydrogens (primary N) is 1. The minimum absolute atomic E-state index is 0. The lowest BCUT2D eigenvalue weighted by Crippen LogP contribution is -2.35. The van der Waals surface area contributed by atoms with E-state index in [0.717, 1.165) is 18.4 Å². The maximum atomic E-state index is 11.9. The molecule has 1 saturated heterocycles. The van der Waals surface area contributed by atoms with E-state index in [9.17, 15) is 4.79 Å². The number of ether oxygens (including phenoxy) is 1. The maximum Gasteiger partial charge on any atom is 0.249 e. The van der Waals surface area contributed by atoms with Gasteiger partial charge in [0.1, 0.15) is 6.10 Å². The minimum Gasteiger partial charge on any atom is -0.364 e. The maximum absolute atomic E-state index is 11.9. The molecule has 0 spiro atoms. The fourth-order valence-electron chi connectivity index (χ4n) is 2.02. The van der Waals surface area contributed by atoms with Crippen molar-refractivity contribution in [1.29, 1.82) is 0 Å². The van der Waals surface area contributed by atoms with Gasteiger partial charge >= 0.3 is 0 Å². The van der Waals surface area contributed by atoms with Crippen molar-refractivity contribution >= 4 is 29.9 Å². The van der Waals surface area contributed by atoms with E-state index in [2.05, 4.69) is 5.32 Å². The number of rotatable bonds is 4. The molecule has 6 heteroatoms. The van der Waals surface area contributed by atoms with Crippen molar-refractivity contribution in [1.82, 2.24) is 5.32 Å². The van der Waals surface area contributed by atoms with Gasteiger partial charge in [0.05, 0.1) is 6.10 Å². The highest BCUT2D eigenvalue weighted by molar-refractivity contribution is 6.30. The zero-order chi connectivity index (χ0) is 13.0. The highest BCUT2D eigenvalue weighted by atomic mass is 35.5. The van der Waals surface area contributed by atoms with Crippen LogP contribution >= 0.6 is 24.0 Å². The van der Waals surface area contributed by atoms with Gasteiger partial charge in [-0.25, -0.2) is 0 Å². The van der Waals surface area contributed by atoms with Crippen LogP contribution in [0.4, 0.5) is 0 Å². The van der Waals surface area contributed by atoms with Gasteiger partial charge in [0, 0.05) is 18.1 Å². The third-order valence-electron chi connectivity index (χ3n) is 3.02. The molecule has 3 N–H and O–H groups in total. The first kappa shape index (κ1) is 16.2. The normalized spacial score (nSPS) is 21.8. The van der Waals surface area contributed by atoms with E-state index in [1.54, 1.807) is 6.07 Å². The number of benzene rings is 1. The van der Waals surface area contributed by atoms with E-state index in [1.807, 2.05) is 18.2 Å². The molecule has 106 valence electrons. The number of amides is 1. The quantitative estimate of drug-likeness (QED) is 0.893. The summed E-state index contributed by atoms with van der Waals surface area (Å²) in [5, 5.41) is 3.52. The molecule has 1 aliphatic rings. The average molecular weight is 305 g/mol. The Morgan fingerprint density at radius 3 is 2.89 bits per heavy atom. The van der Waals surface area contributed by atoms with Gasteiger partial charge in [0.15, 0.2) is 0 Å². The van der Waals surface area contributed by atoms with Gasteiger partial charge in [-0.3, -0.25) is 4.79 Å². The largest absolute Gasteiger partial charge is 0.364 e. The van der Waals surface area contributed by atoms with Crippen LogP contribution < -0.4 is 11.1 Å². The van der Waals surface area contributed by atoms with Crippen molar-refractivity contribution in [2.75, 3.05) is 6.54 Å². The van der Waals surface area contributed by atoms with Crippen molar-refractivity contribution in [3.05, 3.63) is 34.9 Å². The summed E-state index contributed by atoms with van der Waals surface area (Å²) in [6.07, 6.45) is 1.25. The number of nitrogens with one attached hydrogen (secondary N) is 1. The first-order valence-electron chi connectivity index (χ1n) is 6.06. The minimum atomic E-state index is -0.363. The average Bonchev–Trinajstić information content (AvgIpc) is 2.85. The lowest BCUT2D eigenvalue weighted by molar-refractivity contribution is -0.132. The number of hydrogen-bond donors (Lipinski definition) is 2. The molecular formula is C13H18Cl2N2O2. The molecule has 0 bridgehead atoms. The van der Waals surface area contributed by atoms with Crippen molar-refractivity contribution in [3.63, 3.8) is 0 Å². The van der Waals surface area contributed by atoms with E-state index in [1.165, 1.54) is 0 Å². The van der Waals surface area contributed by atoms with Crippen LogP contribution in [0.5, 0.6) is 0 Å². The molecule has 1 heterocycles. The summed E-state index contributed by atoms with van der Waals surface area (Å²) in [5.41, 5.74) is 6.48. The van der Waals surface area contributed by atoms with Gasteiger partial charge in [-0.15, -0.1) is 12.4 Å². The Kier molecular flexibility index (Phi) is 6.58. The van der Waals surface area contributed by atoms with Crippen molar-refractivity contribution in [2.45, 2.75) is 31.6 Å². The van der Waals surface area contributed by atoms with E-state index >= 15 is 0 Å². The summed E-state index contributed by atoms with van der Waals surface area (Å²) in [6.45, 7) is 0.935. The molecule has 1 fully saturated rings. The Balaban J connectivity index is 0.00000180. The predicted octanol–water partition coefficient (Wildman–Crippen LogP) is 1.88. The van der Waals surface area contributed by atoms with Gasteiger partial charge < -0.3 is 15.8 Å². The van der Waals surface area contributed by atoms with Crippen LogP contribution in [0, 0.1) is 0 Å². The topological polar surface area (TPSA) is 64.4 Å². The third kappa shape index (κ3) is 4.66. The van der Waals surface area contributed by atoms with Gasteiger partial charge in [-0.1, -0.05) is 23.7 Å². The van der Waals surface area contributed by atoms with E-state index in [4.69, 9.17) is 22.1 Å². The molecule has 1 amide bonds. The van der Waals surface area contributed by atoms with Crippen LogP contribution in [-0.2, 0) is 16.1 Å². The van der Waals surface area contributed by atoms with Crippen LogP contribution in [0.25, 0.3) is 0 Å². The Morgan fingerprint density at radius 1 is 1.47 bits per heavy atom. The van der Waals surface area contributed by atoms with Crippen LogP contribution in [0.15, 0.2) is 24.3 Å². The fourth-order valence-corrected chi connectivity index (χ4v) is 2.23. The molecule has 1 aromatic carbocycles.